The van der Waals surface area contributed by atoms with Crippen LogP contribution in [0.2, 0.25) is 0 Å². The zero-order valence-corrected chi connectivity index (χ0v) is 12.0. The van der Waals surface area contributed by atoms with Gasteiger partial charge in [0.1, 0.15) is 11.4 Å². The molecule has 1 N–H and O–H groups in total. The van der Waals surface area contributed by atoms with Gasteiger partial charge in [0.15, 0.2) is 0 Å². The van der Waals surface area contributed by atoms with Crippen LogP contribution in [-0.2, 0) is 7.05 Å². The van der Waals surface area contributed by atoms with Crippen LogP contribution in [0.5, 0.6) is 5.75 Å². The Morgan fingerprint density at radius 3 is 2.64 bits per heavy atom. The maximum atomic E-state index is 12.1. The van der Waals surface area contributed by atoms with Gasteiger partial charge >= 0.3 is 6.01 Å². The van der Waals surface area contributed by atoms with E-state index in [1.54, 1.807) is 55.4 Å². The Kier molecular flexibility index (Phi) is 3.57. The molecule has 0 fully saturated rings. The van der Waals surface area contributed by atoms with Crippen LogP contribution in [0, 0.1) is 0 Å². The maximum Gasteiger partial charge on any atom is 0.322 e. The number of carbonyl (C=O) groups excluding carboxylic acids is 1. The van der Waals surface area contributed by atoms with E-state index in [1.807, 2.05) is 0 Å². The van der Waals surface area contributed by atoms with Gasteiger partial charge in [0.05, 0.1) is 7.11 Å². The highest BCUT2D eigenvalue weighted by Gasteiger charge is 2.14. The Hall–Kier alpha value is -3.16. The number of benzene rings is 1. The molecule has 0 spiro atoms. The van der Waals surface area contributed by atoms with E-state index in [-0.39, 0.29) is 17.8 Å². The number of aryl methyl sites for hydroxylation is 1. The molecule has 0 atom stereocenters. The van der Waals surface area contributed by atoms with Gasteiger partial charge in [-0.25, -0.2) is 0 Å². The molecule has 22 heavy (non-hydrogen) atoms. The maximum absolute atomic E-state index is 12.1. The number of hydrogen-bond donors (Lipinski definition) is 1. The first kappa shape index (κ1) is 13.8. The van der Waals surface area contributed by atoms with Gasteiger partial charge in [0, 0.05) is 18.8 Å². The SMILES string of the molecule is COc1ccc(C(=O)Nc2nnc(-c3ccnn3C)o2)cc1. The molecule has 0 radical (unpaired) electrons. The second-order valence-electron chi connectivity index (χ2n) is 4.44. The molecule has 1 amide bonds. The molecule has 0 saturated heterocycles. The molecule has 0 bridgehead atoms. The lowest BCUT2D eigenvalue weighted by atomic mass is 10.2. The first-order chi connectivity index (χ1) is 10.7. The van der Waals surface area contributed by atoms with E-state index in [2.05, 4.69) is 20.6 Å². The monoisotopic (exact) mass is 299 g/mol. The van der Waals surface area contributed by atoms with Crippen molar-refractivity contribution >= 4 is 11.9 Å². The van der Waals surface area contributed by atoms with Crippen LogP contribution in [0.25, 0.3) is 11.6 Å². The van der Waals surface area contributed by atoms with E-state index in [4.69, 9.17) is 9.15 Å². The molecule has 0 aliphatic rings. The third-order valence-electron chi connectivity index (χ3n) is 3.04. The predicted octanol–water partition coefficient (Wildman–Crippen LogP) is 1.73. The highest BCUT2D eigenvalue weighted by Crippen LogP contribution is 2.19. The van der Waals surface area contributed by atoms with E-state index < -0.39 is 0 Å². The zero-order chi connectivity index (χ0) is 15.5. The summed E-state index contributed by atoms with van der Waals surface area (Å²) < 4.78 is 12.0. The molecular weight excluding hydrogens is 286 g/mol. The first-order valence-corrected chi connectivity index (χ1v) is 6.44. The molecule has 2 aromatic heterocycles. The van der Waals surface area contributed by atoms with Crippen LogP contribution < -0.4 is 10.1 Å². The minimum atomic E-state index is -0.345. The van der Waals surface area contributed by atoms with E-state index in [0.29, 0.717) is 17.0 Å². The fraction of sp³-hybridized carbons (Fsp3) is 0.143. The van der Waals surface area contributed by atoms with Crippen molar-refractivity contribution in [2.75, 3.05) is 12.4 Å². The summed E-state index contributed by atoms with van der Waals surface area (Å²) in [6.07, 6.45) is 1.62. The van der Waals surface area contributed by atoms with Crippen molar-refractivity contribution in [3.63, 3.8) is 0 Å². The molecule has 1 aromatic carbocycles. The summed E-state index contributed by atoms with van der Waals surface area (Å²) >= 11 is 0. The summed E-state index contributed by atoms with van der Waals surface area (Å²) in [5.41, 5.74) is 1.12. The fourth-order valence-corrected chi connectivity index (χ4v) is 1.87. The quantitative estimate of drug-likeness (QED) is 0.788. The minimum absolute atomic E-state index is 0.0250. The van der Waals surface area contributed by atoms with Crippen LogP contribution in [0.1, 0.15) is 10.4 Å². The van der Waals surface area contributed by atoms with Crippen molar-refractivity contribution in [3.8, 4) is 17.3 Å². The number of hydrogen-bond acceptors (Lipinski definition) is 6. The van der Waals surface area contributed by atoms with Crippen LogP contribution in [0.15, 0.2) is 40.9 Å². The highest BCUT2D eigenvalue weighted by atomic mass is 16.5. The van der Waals surface area contributed by atoms with Gasteiger partial charge in [-0.1, -0.05) is 5.10 Å². The lowest BCUT2D eigenvalue weighted by Crippen LogP contribution is -2.11. The van der Waals surface area contributed by atoms with Gasteiger partial charge in [0.2, 0.25) is 0 Å². The molecule has 3 rings (SSSR count). The summed E-state index contributed by atoms with van der Waals surface area (Å²) in [5.74, 6) is 0.612. The number of anilines is 1. The molecule has 112 valence electrons. The molecule has 8 nitrogen and oxygen atoms in total. The lowest BCUT2D eigenvalue weighted by Gasteiger charge is -2.02. The molecule has 0 aliphatic heterocycles. The van der Waals surface area contributed by atoms with Crippen LogP contribution in [-0.4, -0.2) is 33.0 Å². The van der Waals surface area contributed by atoms with E-state index in [1.165, 1.54) is 0 Å². The molecule has 0 saturated carbocycles. The fourth-order valence-electron chi connectivity index (χ4n) is 1.87. The average molecular weight is 299 g/mol. The largest absolute Gasteiger partial charge is 0.497 e. The number of nitrogens with one attached hydrogen (secondary N) is 1. The third-order valence-corrected chi connectivity index (χ3v) is 3.04. The Balaban J connectivity index is 1.74. The number of ether oxygens (including phenoxy) is 1. The molecule has 8 heteroatoms. The second-order valence-corrected chi connectivity index (χ2v) is 4.44. The average Bonchev–Trinajstić information content (AvgIpc) is 3.16. The van der Waals surface area contributed by atoms with Gasteiger partial charge in [-0.3, -0.25) is 14.8 Å². The topological polar surface area (TPSA) is 95.1 Å². The number of amides is 1. The minimum Gasteiger partial charge on any atom is -0.497 e. The molecule has 0 unspecified atom stereocenters. The van der Waals surface area contributed by atoms with Crippen molar-refractivity contribution in [2.24, 2.45) is 7.05 Å². The summed E-state index contributed by atoms with van der Waals surface area (Å²) in [6, 6.07) is 8.45. The highest BCUT2D eigenvalue weighted by molar-refractivity contribution is 6.03. The van der Waals surface area contributed by atoms with E-state index in [0.717, 1.165) is 0 Å². The molecule has 0 aliphatic carbocycles. The van der Waals surface area contributed by atoms with Gasteiger partial charge in [-0.15, -0.1) is 5.10 Å². The van der Waals surface area contributed by atoms with Crippen molar-refractivity contribution in [1.29, 1.82) is 0 Å². The summed E-state index contributed by atoms with van der Waals surface area (Å²) in [7, 11) is 3.32. The van der Waals surface area contributed by atoms with Gasteiger partial charge in [0.25, 0.3) is 11.8 Å². The van der Waals surface area contributed by atoms with Crippen molar-refractivity contribution < 1.29 is 13.9 Å². The van der Waals surface area contributed by atoms with Gasteiger partial charge < -0.3 is 9.15 Å². The van der Waals surface area contributed by atoms with Gasteiger partial charge in [-0.05, 0) is 30.3 Å². The number of nitrogens with zero attached hydrogens (tertiary/aromatic N) is 4. The summed E-state index contributed by atoms with van der Waals surface area (Å²) in [4.78, 5) is 12.1. The first-order valence-electron chi connectivity index (χ1n) is 6.44. The Bertz CT molecular complexity index is 791. The molecule has 3 aromatic rings. The van der Waals surface area contributed by atoms with Crippen molar-refractivity contribution in [3.05, 3.63) is 42.1 Å². The number of carbonyl (C=O) groups is 1. The smallest absolute Gasteiger partial charge is 0.322 e. The Morgan fingerprint density at radius 2 is 2.00 bits per heavy atom. The standard InChI is InChI=1S/C14H13N5O3/c1-19-11(7-8-15-19)13-17-18-14(22-13)16-12(20)9-3-5-10(21-2)6-4-9/h3-8H,1-2H3,(H,16,18,20). The predicted molar refractivity (Wildman–Crippen MR) is 77.4 cm³/mol. The third kappa shape index (κ3) is 2.66. The lowest BCUT2D eigenvalue weighted by molar-refractivity contribution is 0.102. The van der Waals surface area contributed by atoms with Gasteiger partial charge in [-0.2, -0.15) is 5.10 Å². The normalized spacial score (nSPS) is 10.5. The summed E-state index contributed by atoms with van der Waals surface area (Å²) in [6.45, 7) is 0. The molecule has 2 heterocycles. The number of rotatable bonds is 4. The second kappa shape index (κ2) is 5.68. The van der Waals surface area contributed by atoms with E-state index in [9.17, 15) is 4.79 Å². The number of methoxy groups -OCH3 is 1. The summed E-state index contributed by atoms with van der Waals surface area (Å²) in [5, 5.41) is 14.2. The Morgan fingerprint density at radius 1 is 1.23 bits per heavy atom. The van der Waals surface area contributed by atoms with Crippen molar-refractivity contribution in [1.82, 2.24) is 20.0 Å². The van der Waals surface area contributed by atoms with Crippen molar-refractivity contribution in [2.45, 2.75) is 0 Å². The van der Waals surface area contributed by atoms with Crippen LogP contribution in [0.4, 0.5) is 6.01 Å². The molecular formula is C14H13N5O3. The van der Waals surface area contributed by atoms with E-state index >= 15 is 0 Å². The number of aromatic nitrogens is 4. The Labute approximate surface area is 125 Å². The van der Waals surface area contributed by atoms with Crippen LogP contribution >= 0.6 is 0 Å². The van der Waals surface area contributed by atoms with Crippen LogP contribution in [0.3, 0.4) is 0 Å². The zero-order valence-electron chi connectivity index (χ0n) is 12.0.